The first-order valence-corrected chi connectivity index (χ1v) is 17.7. The van der Waals surface area contributed by atoms with Gasteiger partial charge in [-0.3, -0.25) is 9.97 Å². The largest absolute Gasteiger partial charge is 0.264 e. The molecule has 0 spiro atoms. The van der Waals surface area contributed by atoms with E-state index in [-0.39, 0.29) is 0 Å². The molecule has 0 N–H and O–H groups in total. The monoisotopic (exact) mass is 692 g/mol. The van der Waals surface area contributed by atoms with Crippen molar-refractivity contribution in [3.05, 3.63) is 195 Å². The molecule has 4 heterocycles. The minimum Gasteiger partial charge on any atom is -0.264 e. The second kappa shape index (κ2) is 14.7. The Balaban J connectivity index is 1.06. The highest BCUT2D eigenvalue weighted by Gasteiger charge is 2.14. The molecular weight excluding hydrogens is 661 g/mol. The van der Waals surface area contributed by atoms with Crippen molar-refractivity contribution >= 4 is 0 Å². The zero-order valence-corrected chi connectivity index (χ0v) is 29.2. The minimum atomic E-state index is 0.618. The van der Waals surface area contributed by atoms with E-state index in [4.69, 9.17) is 19.9 Å². The Kier molecular flexibility index (Phi) is 8.81. The Morgan fingerprint density at radius 1 is 0.241 bits per heavy atom. The molecule has 54 heavy (non-hydrogen) atoms. The van der Waals surface area contributed by atoms with Gasteiger partial charge in [0.1, 0.15) is 0 Å². The highest BCUT2D eigenvalue weighted by molar-refractivity contribution is 5.79. The number of hydrogen-bond acceptors (Lipinski definition) is 6. The van der Waals surface area contributed by atoms with Crippen molar-refractivity contribution in [1.29, 1.82) is 0 Å². The first kappa shape index (κ1) is 32.5. The summed E-state index contributed by atoms with van der Waals surface area (Å²) in [6.45, 7) is 0. The van der Waals surface area contributed by atoms with Crippen LogP contribution in [0.25, 0.3) is 90.1 Å². The molecule has 6 nitrogen and oxygen atoms in total. The lowest BCUT2D eigenvalue weighted by molar-refractivity contribution is 1.07. The van der Waals surface area contributed by atoms with Crippen molar-refractivity contribution in [3.8, 4) is 90.1 Å². The van der Waals surface area contributed by atoms with Gasteiger partial charge in [0.2, 0.25) is 0 Å². The first-order valence-electron chi connectivity index (χ1n) is 17.7. The maximum absolute atomic E-state index is 5.02. The molecule has 0 amide bonds. The zero-order chi connectivity index (χ0) is 36.1. The fraction of sp³-hybridized carbons (Fsp3) is 0. The molecule has 0 aliphatic heterocycles. The van der Waals surface area contributed by atoms with Crippen molar-refractivity contribution in [3.63, 3.8) is 0 Å². The van der Waals surface area contributed by atoms with Crippen molar-refractivity contribution in [1.82, 2.24) is 29.9 Å². The van der Waals surface area contributed by atoms with Crippen LogP contribution in [0.2, 0.25) is 0 Å². The number of nitrogens with zero attached hydrogens (tertiary/aromatic N) is 6. The van der Waals surface area contributed by atoms with Crippen LogP contribution in [-0.4, -0.2) is 29.9 Å². The van der Waals surface area contributed by atoms with Crippen LogP contribution in [0.4, 0.5) is 0 Å². The van der Waals surface area contributed by atoms with Crippen LogP contribution in [0.15, 0.2) is 195 Å². The first-order chi connectivity index (χ1) is 26.7. The van der Waals surface area contributed by atoms with Crippen molar-refractivity contribution in [2.45, 2.75) is 0 Å². The van der Waals surface area contributed by atoms with Gasteiger partial charge in [-0.05, 0) is 75.8 Å². The van der Waals surface area contributed by atoms with Gasteiger partial charge in [0.25, 0.3) is 0 Å². The average Bonchev–Trinajstić information content (AvgIpc) is 3.27. The third kappa shape index (κ3) is 6.92. The van der Waals surface area contributed by atoms with Crippen LogP contribution in [-0.2, 0) is 0 Å². The Labute approximate surface area is 313 Å². The average molecular weight is 693 g/mol. The van der Waals surface area contributed by atoms with Crippen LogP contribution in [0.5, 0.6) is 0 Å². The molecule has 4 aromatic heterocycles. The van der Waals surface area contributed by atoms with E-state index in [1.807, 2.05) is 73.1 Å². The van der Waals surface area contributed by atoms with Gasteiger partial charge in [-0.2, -0.15) is 0 Å². The molecular formula is C48H32N6. The summed E-state index contributed by atoms with van der Waals surface area (Å²) in [6, 6.07) is 58.0. The molecule has 0 atom stereocenters. The minimum absolute atomic E-state index is 0.618. The van der Waals surface area contributed by atoms with Gasteiger partial charge in [0.15, 0.2) is 17.5 Å². The second-order valence-corrected chi connectivity index (χ2v) is 12.9. The lowest BCUT2D eigenvalue weighted by Gasteiger charge is -2.11. The third-order valence-corrected chi connectivity index (χ3v) is 9.33. The van der Waals surface area contributed by atoms with Crippen molar-refractivity contribution in [2.75, 3.05) is 0 Å². The van der Waals surface area contributed by atoms with Crippen LogP contribution in [0.3, 0.4) is 0 Å². The number of rotatable bonds is 8. The van der Waals surface area contributed by atoms with Crippen molar-refractivity contribution in [2.24, 2.45) is 0 Å². The van der Waals surface area contributed by atoms with Gasteiger partial charge >= 0.3 is 0 Å². The van der Waals surface area contributed by atoms with Crippen LogP contribution >= 0.6 is 0 Å². The normalized spacial score (nSPS) is 11.0. The zero-order valence-electron chi connectivity index (χ0n) is 29.2. The van der Waals surface area contributed by atoms with E-state index in [1.54, 1.807) is 12.4 Å². The molecule has 0 saturated heterocycles. The predicted molar refractivity (Wildman–Crippen MR) is 217 cm³/mol. The predicted octanol–water partition coefficient (Wildman–Crippen LogP) is 11.4. The molecule has 9 rings (SSSR count). The van der Waals surface area contributed by atoms with E-state index in [0.29, 0.717) is 17.5 Å². The maximum Gasteiger partial charge on any atom is 0.164 e. The molecule has 254 valence electrons. The molecule has 9 aromatic rings. The number of benzene rings is 5. The fourth-order valence-electron chi connectivity index (χ4n) is 6.51. The molecule has 0 fully saturated rings. The number of aromatic nitrogens is 6. The molecule has 0 aliphatic carbocycles. The number of hydrogen-bond donors (Lipinski definition) is 0. The van der Waals surface area contributed by atoms with E-state index in [0.717, 1.165) is 67.0 Å². The van der Waals surface area contributed by atoms with Gasteiger partial charge in [-0.25, -0.2) is 19.9 Å². The fourth-order valence-corrected chi connectivity index (χ4v) is 6.51. The van der Waals surface area contributed by atoms with Crippen LogP contribution in [0, 0.1) is 0 Å². The molecule has 0 aliphatic rings. The van der Waals surface area contributed by atoms with E-state index < -0.39 is 0 Å². The lowest BCUT2D eigenvalue weighted by atomic mass is 9.97. The second-order valence-electron chi connectivity index (χ2n) is 12.9. The maximum atomic E-state index is 5.02. The SMILES string of the molecule is c1ccc(-c2ccc(-c3nc(-c4ccccc4)nc(-c4cccc(-c5ccc(-c6cc(-c7cccnc7)nc(-c7cccnc7)c6)cc5)c4)n3)cc2)cc1. The van der Waals surface area contributed by atoms with E-state index in [1.165, 1.54) is 5.56 Å². The van der Waals surface area contributed by atoms with Crippen LogP contribution < -0.4 is 0 Å². The molecule has 0 unspecified atom stereocenters. The van der Waals surface area contributed by atoms with Crippen molar-refractivity contribution < 1.29 is 0 Å². The third-order valence-electron chi connectivity index (χ3n) is 9.33. The highest BCUT2D eigenvalue weighted by Crippen LogP contribution is 2.33. The van der Waals surface area contributed by atoms with Gasteiger partial charge in [-0.1, -0.05) is 127 Å². The molecule has 5 aromatic carbocycles. The Morgan fingerprint density at radius 3 is 1.17 bits per heavy atom. The molecule has 0 bridgehead atoms. The molecule has 0 radical (unpaired) electrons. The summed E-state index contributed by atoms with van der Waals surface area (Å²) in [7, 11) is 0. The van der Waals surface area contributed by atoms with Gasteiger partial charge in [0.05, 0.1) is 11.4 Å². The summed E-state index contributed by atoms with van der Waals surface area (Å²) in [6.07, 6.45) is 7.23. The summed E-state index contributed by atoms with van der Waals surface area (Å²) in [5.74, 6) is 1.88. The Morgan fingerprint density at radius 2 is 0.630 bits per heavy atom. The van der Waals surface area contributed by atoms with E-state index >= 15 is 0 Å². The summed E-state index contributed by atoms with van der Waals surface area (Å²) < 4.78 is 0. The van der Waals surface area contributed by atoms with Gasteiger partial charge in [-0.15, -0.1) is 0 Å². The highest BCUT2D eigenvalue weighted by atomic mass is 15.0. The Bertz CT molecular complexity index is 2610. The summed E-state index contributed by atoms with van der Waals surface area (Å²) in [5.41, 5.74) is 13.0. The standard InChI is InChI=1S/C48H32N6/c1-3-10-33(11-4-1)34-22-24-38(25-23-34)47-52-46(37-12-5-2-6-13-37)53-48(54-47)40-15-7-14-39(28-40)35-18-20-36(21-19-35)43-29-44(41-16-8-26-49-31-41)51-45(30-43)42-17-9-27-50-32-42/h1-32H. The van der Waals surface area contributed by atoms with Crippen LogP contribution in [0.1, 0.15) is 0 Å². The van der Waals surface area contributed by atoms with E-state index in [9.17, 15) is 0 Å². The lowest BCUT2D eigenvalue weighted by Crippen LogP contribution is -2.00. The Hall–Kier alpha value is -7.44. The smallest absolute Gasteiger partial charge is 0.164 e. The van der Waals surface area contributed by atoms with Gasteiger partial charge in [0, 0.05) is 52.6 Å². The quantitative estimate of drug-likeness (QED) is 0.158. The van der Waals surface area contributed by atoms with E-state index in [2.05, 4.69) is 119 Å². The summed E-state index contributed by atoms with van der Waals surface area (Å²) in [5, 5.41) is 0. The number of pyridine rings is 3. The van der Waals surface area contributed by atoms with Gasteiger partial charge < -0.3 is 0 Å². The molecule has 0 saturated carbocycles. The summed E-state index contributed by atoms with van der Waals surface area (Å²) in [4.78, 5) is 28.6. The molecule has 6 heteroatoms. The summed E-state index contributed by atoms with van der Waals surface area (Å²) >= 11 is 0. The topological polar surface area (TPSA) is 77.3 Å².